The van der Waals surface area contributed by atoms with E-state index in [-0.39, 0.29) is 5.91 Å². The summed E-state index contributed by atoms with van der Waals surface area (Å²) in [5.41, 5.74) is 6.89. The van der Waals surface area contributed by atoms with E-state index in [1.165, 1.54) is 33.6 Å². The van der Waals surface area contributed by atoms with Crippen molar-refractivity contribution in [2.45, 2.75) is 6.42 Å². The molecule has 0 radical (unpaired) electrons. The summed E-state index contributed by atoms with van der Waals surface area (Å²) >= 11 is 1.38. The highest BCUT2D eigenvalue weighted by Gasteiger charge is 2.19. The number of carbonyl (C=O) groups is 1. The van der Waals surface area contributed by atoms with Gasteiger partial charge in [-0.15, -0.1) is 11.3 Å². The predicted octanol–water partition coefficient (Wildman–Crippen LogP) is 4.42. The summed E-state index contributed by atoms with van der Waals surface area (Å²) in [5, 5.41) is 5.37. The van der Waals surface area contributed by atoms with Gasteiger partial charge < -0.3 is 5.32 Å². The van der Waals surface area contributed by atoms with E-state index in [9.17, 15) is 4.79 Å². The van der Waals surface area contributed by atoms with Crippen molar-refractivity contribution in [2.24, 2.45) is 0 Å². The maximum Gasteiger partial charge on any atom is 0.275 e. The summed E-state index contributed by atoms with van der Waals surface area (Å²) in [7, 11) is 0. The van der Waals surface area contributed by atoms with Crippen LogP contribution in [0.4, 0.5) is 5.69 Å². The number of nitrogens with one attached hydrogen (secondary N) is 1. The molecule has 2 aromatic heterocycles. The zero-order valence-electron chi connectivity index (χ0n) is 14.2. The van der Waals surface area contributed by atoms with Crippen LogP contribution in [0.2, 0.25) is 0 Å². The van der Waals surface area contributed by atoms with E-state index in [1.807, 2.05) is 12.1 Å². The number of carbonyl (C=O) groups excluding carboxylic acids is 1. The van der Waals surface area contributed by atoms with Crippen LogP contribution in [0.5, 0.6) is 0 Å². The zero-order valence-corrected chi connectivity index (χ0v) is 15.0. The number of aromatic nitrogens is 3. The lowest BCUT2D eigenvalue weighted by Crippen LogP contribution is -2.12. The molecule has 0 saturated heterocycles. The summed E-state index contributed by atoms with van der Waals surface area (Å²) in [6, 6.07) is 14.5. The van der Waals surface area contributed by atoms with Crippen molar-refractivity contribution >= 4 is 22.9 Å². The van der Waals surface area contributed by atoms with Crippen molar-refractivity contribution in [3.8, 4) is 21.8 Å². The summed E-state index contributed by atoms with van der Waals surface area (Å²) < 4.78 is 0. The highest BCUT2D eigenvalue weighted by Crippen LogP contribution is 2.37. The molecule has 0 spiro atoms. The maximum atomic E-state index is 12.6. The van der Waals surface area contributed by atoms with Gasteiger partial charge in [0, 0.05) is 23.5 Å². The summed E-state index contributed by atoms with van der Waals surface area (Å²) in [5.74, 6) is -0.225. The number of benzene rings is 2. The molecule has 1 aliphatic rings. The number of nitrogens with zero attached hydrogens (tertiary/aromatic N) is 3. The third-order valence-electron chi connectivity index (χ3n) is 4.57. The Morgan fingerprint density at radius 2 is 1.93 bits per heavy atom. The van der Waals surface area contributed by atoms with E-state index in [1.54, 1.807) is 24.0 Å². The molecule has 0 bridgehead atoms. The van der Waals surface area contributed by atoms with Crippen LogP contribution in [-0.4, -0.2) is 20.9 Å². The molecule has 4 aromatic rings. The largest absolute Gasteiger partial charge is 0.321 e. The first-order valence-corrected chi connectivity index (χ1v) is 9.40. The second kappa shape index (κ2) is 6.41. The smallest absolute Gasteiger partial charge is 0.275 e. The normalized spacial score (nSPS) is 11.7. The first-order chi connectivity index (χ1) is 13.3. The second-order valence-corrected chi connectivity index (χ2v) is 7.15. The van der Waals surface area contributed by atoms with Gasteiger partial charge in [-0.1, -0.05) is 30.3 Å². The van der Waals surface area contributed by atoms with Crippen molar-refractivity contribution in [3.05, 3.63) is 83.3 Å². The van der Waals surface area contributed by atoms with Crippen LogP contribution >= 0.6 is 11.3 Å². The average Bonchev–Trinajstić information content (AvgIpc) is 3.33. The summed E-state index contributed by atoms with van der Waals surface area (Å²) in [6.45, 7) is 0. The van der Waals surface area contributed by atoms with Crippen LogP contribution in [-0.2, 0) is 6.42 Å². The number of thiazole rings is 1. The van der Waals surface area contributed by atoms with E-state index < -0.39 is 0 Å². The number of amides is 1. The van der Waals surface area contributed by atoms with Crippen molar-refractivity contribution in [2.75, 3.05) is 5.32 Å². The third-order valence-corrected chi connectivity index (χ3v) is 5.44. The Morgan fingerprint density at radius 1 is 1.04 bits per heavy atom. The first kappa shape index (κ1) is 15.8. The molecule has 0 unspecified atom stereocenters. The topological polar surface area (TPSA) is 67.8 Å². The maximum absolute atomic E-state index is 12.6. The second-order valence-electron chi connectivity index (χ2n) is 6.29. The van der Waals surface area contributed by atoms with Gasteiger partial charge in [0.05, 0.1) is 6.20 Å². The van der Waals surface area contributed by atoms with Gasteiger partial charge in [-0.25, -0.2) is 4.98 Å². The van der Waals surface area contributed by atoms with Crippen molar-refractivity contribution in [1.82, 2.24) is 15.0 Å². The van der Waals surface area contributed by atoms with Crippen LogP contribution < -0.4 is 5.32 Å². The van der Waals surface area contributed by atoms with Gasteiger partial charge in [0.1, 0.15) is 16.4 Å². The number of anilines is 1. The molecule has 2 aromatic carbocycles. The highest BCUT2D eigenvalue weighted by atomic mass is 32.1. The molecule has 27 heavy (non-hydrogen) atoms. The average molecular weight is 370 g/mol. The highest BCUT2D eigenvalue weighted by molar-refractivity contribution is 7.13. The molecule has 2 heterocycles. The van der Waals surface area contributed by atoms with Gasteiger partial charge >= 0.3 is 0 Å². The lowest BCUT2D eigenvalue weighted by atomic mass is 10.1. The van der Waals surface area contributed by atoms with Gasteiger partial charge in [-0.05, 0) is 40.8 Å². The Morgan fingerprint density at radius 3 is 2.81 bits per heavy atom. The Kier molecular flexibility index (Phi) is 3.76. The minimum Gasteiger partial charge on any atom is -0.321 e. The lowest BCUT2D eigenvalue weighted by Gasteiger charge is -2.06. The Bertz CT molecular complexity index is 1150. The summed E-state index contributed by atoms with van der Waals surface area (Å²) in [6.07, 6.45) is 5.75. The standard InChI is InChI=1S/C21H14N4OS/c26-20(19-12-27-21(25-19)18-11-22-7-8-23-18)24-15-5-6-17-14(10-15)9-13-3-1-2-4-16(13)17/h1-8,10-12H,9H2,(H,24,26). The number of hydrogen-bond acceptors (Lipinski definition) is 5. The number of fused-ring (bicyclic) bond motifs is 3. The molecule has 0 fully saturated rings. The minimum atomic E-state index is -0.225. The minimum absolute atomic E-state index is 0.225. The Hall–Kier alpha value is -3.38. The van der Waals surface area contributed by atoms with Gasteiger partial charge in [-0.2, -0.15) is 0 Å². The third kappa shape index (κ3) is 2.90. The van der Waals surface area contributed by atoms with E-state index in [4.69, 9.17) is 0 Å². The summed E-state index contributed by atoms with van der Waals surface area (Å²) in [4.78, 5) is 25.2. The monoisotopic (exact) mass is 370 g/mol. The first-order valence-electron chi connectivity index (χ1n) is 8.52. The molecule has 130 valence electrons. The molecular weight excluding hydrogens is 356 g/mol. The number of hydrogen-bond donors (Lipinski definition) is 1. The Labute approximate surface area is 159 Å². The van der Waals surface area contributed by atoms with E-state index in [0.717, 1.165) is 12.1 Å². The molecule has 5 rings (SSSR count). The molecule has 0 saturated carbocycles. The quantitative estimate of drug-likeness (QED) is 0.510. The molecule has 1 N–H and O–H groups in total. The van der Waals surface area contributed by atoms with Gasteiger partial charge in [0.25, 0.3) is 5.91 Å². The molecular formula is C21H14N4OS. The van der Waals surface area contributed by atoms with E-state index in [2.05, 4.69) is 50.6 Å². The van der Waals surface area contributed by atoms with Crippen LogP contribution in [0.15, 0.2) is 66.4 Å². The predicted molar refractivity (Wildman–Crippen MR) is 106 cm³/mol. The van der Waals surface area contributed by atoms with Crippen LogP contribution in [0.1, 0.15) is 21.6 Å². The fourth-order valence-corrected chi connectivity index (χ4v) is 4.08. The zero-order chi connectivity index (χ0) is 18.2. The molecule has 1 amide bonds. The fourth-order valence-electron chi connectivity index (χ4n) is 3.32. The molecule has 0 atom stereocenters. The van der Waals surface area contributed by atoms with Crippen LogP contribution in [0.3, 0.4) is 0 Å². The van der Waals surface area contributed by atoms with E-state index >= 15 is 0 Å². The fraction of sp³-hybridized carbons (Fsp3) is 0.0476. The number of rotatable bonds is 3. The van der Waals surface area contributed by atoms with Gasteiger partial charge in [0.15, 0.2) is 0 Å². The molecule has 6 heteroatoms. The molecule has 5 nitrogen and oxygen atoms in total. The van der Waals surface area contributed by atoms with Crippen molar-refractivity contribution < 1.29 is 4.79 Å². The van der Waals surface area contributed by atoms with Gasteiger partial charge in [-0.3, -0.25) is 14.8 Å². The lowest BCUT2D eigenvalue weighted by molar-refractivity contribution is 0.102. The van der Waals surface area contributed by atoms with Crippen molar-refractivity contribution in [1.29, 1.82) is 0 Å². The SMILES string of the molecule is O=C(Nc1ccc2c(c1)Cc1ccccc1-2)c1csc(-c2cnccn2)n1. The Balaban J connectivity index is 1.37. The molecule has 1 aliphatic carbocycles. The van der Waals surface area contributed by atoms with Crippen LogP contribution in [0, 0.1) is 0 Å². The van der Waals surface area contributed by atoms with Gasteiger partial charge in [0.2, 0.25) is 0 Å². The van der Waals surface area contributed by atoms with Crippen LogP contribution in [0.25, 0.3) is 21.8 Å². The van der Waals surface area contributed by atoms with E-state index in [0.29, 0.717) is 16.4 Å². The van der Waals surface area contributed by atoms with Crippen molar-refractivity contribution in [3.63, 3.8) is 0 Å². The molecule has 0 aliphatic heterocycles.